The second kappa shape index (κ2) is 4.01. The molecule has 0 aliphatic carbocycles. The zero-order valence-corrected chi connectivity index (χ0v) is 9.88. The van der Waals surface area contributed by atoms with Crippen LogP contribution in [0.25, 0.3) is 5.82 Å². The third-order valence-electron chi connectivity index (χ3n) is 1.94. The summed E-state index contributed by atoms with van der Waals surface area (Å²) in [5.41, 5.74) is 0.997. The number of rotatable bonds is 2. The Morgan fingerprint density at radius 2 is 2.31 bits per heavy atom. The first-order chi connectivity index (χ1) is 7.58. The van der Waals surface area contributed by atoms with E-state index in [0.29, 0.717) is 5.82 Å². The van der Waals surface area contributed by atoms with Crippen molar-refractivity contribution in [2.24, 2.45) is 0 Å². The first-order valence-electron chi connectivity index (χ1n) is 4.40. The molecule has 2 aromatic heterocycles. The Morgan fingerprint density at radius 3 is 2.88 bits per heavy atom. The van der Waals surface area contributed by atoms with E-state index >= 15 is 0 Å². The van der Waals surface area contributed by atoms with Crippen LogP contribution in [0.4, 0.5) is 5.82 Å². The molecule has 0 unspecified atom stereocenters. The van der Waals surface area contributed by atoms with Gasteiger partial charge >= 0.3 is 5.82 Å². The summed E-state index contributed by atoms with van der Waals surface area (Å²) < 4.78 is 2.10. The summed E-state index contributed by atoms with van der Waals surface area (Å²) in [6, 6.07) is 3.20. The molecular formula is C9H7BrN4O2. The van der Waals surface area contributed by atoms with Gasteiger partial charge < -0.3 is 10.1 Å². The standard InChI is InChI=1S/C9H7BrN4O2/c1-6-4-7(10)9(11-5-6)13-3-2-8(12-13)14(15)16/h2-5H,1H3. The first-order valence-corrected chi connectivity index (χ1v) is 5.20. The number of hydrogen-bond acceptors (Lipinski definition) is 4. The molecule has 2 rings (SSSR count). The van der Waals surface area contributed by atoms with Crippen molar-refractivity contribution >= 4 is 21.7 Å². The van der Waals surface area contributed by atoms with Crippen molar-refractivity contribution in [1.82, 2.24) is 14.8 Å². The Morgan fingerprint density at radius 1 is 1.56 bits per heavy atom. The van der Waals surface area contributed by atoms with Gasteiger partial charge in [0.25, 0.3) is 0 Å². The summed E-state index contributed by atoms with van der Waals surface area (Å²) in [6.45, 7) is 1.91. The molecule has 16 heavy (non-hydrogen) atoms. The molecule has 2 aromatic rings. The predicted octanol–water partition coefficient (Wildman–Crippen LogP) is 2.25. The van der Waals surface area contributed by atoms with Crippen LogP contribution >= 0.6 is 15.9 Å². The molecule has 0 bridgehead atoms. The molecular weight excluding hydrogens is 276 g/mol. The number of nitro groups is 1. The highest BCUT2D eigenvalue weighted by Gasteiger charge is 2.14. The third-order valence-corrected chi connectivity index (χ3v) is 2.52. The summed E-state index contributed by atoms with van der Waals surface area (Å²) in [6.07, 6.45) is 3.17. The van der Waals surface area contributed by atoms with Gasteiger partial charge in [0.15, 0.2) is 5.82 Å². The number of aromatic nitrogens is 3. The van der Waals surface area contributed by atoms with Crippen LogP contribution in [-0.2, 0) is 0 Å². The maximum Gasteiger partial charge on any atom is 0.390 e. The van der Waals surface area contributed by atoms with Crippen molar-refractivity contribution in [2.45, 2.75) is 6.92 Å². The molecule has 0 saturated carbocycles. The highest BCUT2D eigenvalue weighted by atomic mass is 79.9. The number of hydrogen-bond donors (Lipinski definition) is 0. The van der Waals surface area contributed by atoms with Crippen LogP contribution in [0, 0.1) is 17.0 Å². The molecule has 0 aliphatic heterocycles. The van der Waals surface area contributed by atoms with Crippen LogP contribution in [0.2, 0.25) is 0 Å². The van der Waals surface area contributed by atoms with E-state index in [1.54, 1.807) is 6.20 Å². The quantitative estimate of drug-likeness (QED) is 0.625. The van der Waals surface area contributed by atoms with Gasteiger partial charge in [-0.25, -0.2) is 4.98 Å². The molecule has 0 atom stereocenters. The monoisotopic (exact) mass is 282 g/mol. The van der Waals surface area contributed by atoms with Crippen molar-refractivity contribution in [1.29, 1.82) is 0 Å². The van der Waals surface area contributed by atoms with Crippen molar-refractivity contribution < 1.29 is 4.92 Å². The van der Waals surface area contributed by atoms with E-state index in [-0.39, 0.29) is 5.82 Å². The maximum atomic E-state index is 10.5. The van der Waals surface area contributed by atoms with Gasteiger partial charge in [-0.15, -0.1) is 4.68 Å². The minimum atomic E-state index is -0.543. The molecule has 0 radical (unpaired) electrons. The second-order valence-corrected chi connectivity index (χ2v) is 4.05. The lowest BCUT2D eigenvalue weighted by Crippen LogP contribution is -2.00. The molecule has 0 amide bonds. The van der Waals surface area contributed by atoms with Gasteiger partial charge in [0.05, 0.1) is 21.8 Å². The molecule has 0 N–H and O–H groups in total. The van der Waals surface area contributed by atoms with Crippen molar-refractivity contribution in [3.63, 3.8) is 0 Å². The summed E-state index contributed by atoms with van der Waals surface area (Å²) >= 11 is 3.34. The van der Waals surface area contributed by atoms with Crippen molar-refractivity contribution in [2.75, 3.05) is 0 Å². The fourth-order valence-corrected chi connectivity index (χ4v) is 1.87. The van der Waals surface area contributed by atoms with Gasteiger partial charge in [0.1, 0.15) is 0 Å². The highest BCUT2D eigenvalue weighted by Crippen LogP contribution is 2.20. The predicted molar refractivity (Wildman–Crippen MR) is 60.5 cm³/mol. The van der Waals surface area contributed by atoms with E-state index < -0.39 is 4.92 Å². The van der Waals surface area contributed by atoms with Crippen LogP contribution in [0.3, 0.4) is 0 Å². The Balaban J connectivity index is 2.46. The smallest absolute Gasteiger partial charge is 0.358 e. The largest absolute Gasteiger partial charge is 0.390 e. The molecule has 2 heterocycles. The lowest BCUT2D eigenvalue weighted by atomic mass is 10.3. The average molecular weight is 283 g/mol. The van der Waals surface area contributed by atoms with Crippen LogP contribution < -0.4 is 0 Å². The van der Waals surface area contributed by atoms with E-state index in [1.165, 1.54) is 16.9 Å². The molecule has 0 saturated heterocycles. The van der Waals surface area contributed by atoms with E-state index in [0.717, 1.165) is 10.0 Å². The lowest BCUT2D eigenvalue weighted by Gasteiger charge is -2.00. The summed E-state index contributed by atoms with van der Waals surface area (Å²) in [5.74, 6) is 0.327. The van der Waals surface area contributed by atoms with Crippen molar-refractivity contribution in [3.05, 3.63) is 44.7 Å². The Kier molecular flexibility index (Phi) is 2.69. The molecule has 0 aromatic carbocycles. The average Bonchev–Trinajstić information content (AvgIpc) is 2.66. The van der Waals surface area contributed by atoms with Crippen LogP contribution in [0.5, 0.6) is 0 Å². The van der Waals surface area contributed by atoms with Gasteiger partial charge in [0.2, 0.25) is 0 Å². The molecule has 82 valence electrons. The summed E-state index contributed by atoms with van der Waals surface area (Å²) in [5, 5.41) is 14.3. The number of nitrogens with zero attached hydrogens (tertiary/aromatic N) is 4. The minimum Gasteiger partial charge on any atom is -0.358 e. The van der Waals surface area contributed by atoms with Gasteiger partial charge in [-0.1, -0.05) is 0 Å². The third kappa shape index (κ3) is 1.94. The van der Waals surface area contributed by atoms with E-state index in [2.05, 4.69) is 26.0 Å². The lowest BCUT2D eigenvalue weighted by molar-refractivity contribution is -0.389. The molecule has 0 fully saturated rings. The Hall–Kier alpha value is -1.76. The SMILES string of the molecule is Cc1cnc(-n2ccc([N+](=O)[O-])n2)c(Br)c1. The van der Waals surface area contributed by atoms with E-state index in [1.807, 2.05) is 13.0 Å². The molecule has 0 spiro atoms. The highest BCUT2D eigenvalue weighted by molar-refractivity contribution is 9.10. The number of halogens is 1. The second-order valence-electron chi connectivity index (χ2n) is 3.19. The van der Waals surface area contributed by atoms with Gasteiger partial charge in [-0.3, -0.25) is 0 Å². The topological polar surface area (TPSA) is 73.8 Å². The normalized spacial score (nSPS) is 10.4. The van der Waals surface area contributed by atoms with E-state index in [9.17, 15) is 10.1 Å². The maximum absolute atomic E-state index is 10.5. The van der Waals surface area contributed by atoms with E-state index in [4.69, 9.17) is 0 Å². The summed E-state index contributed by atoms with van der Waals surface area (Å²) in [4.78, 5) is 14.1. The zero-order chi connectivity index (χ0) is 11.7. The molecule has 0 aliphatic rings. The summed E-state index contributed by atoms with van der Waals surface area (Å²) in [7, 11) is 0. The van der Waals surface area contributed by atoms with Gasteiger partial charge in [-0.05, 0) is 39.4 Å². The fourth-order valence-electron chi connectivity index (χ4n) is 1.22. The van der Waals surface area contributed by atoms with Gasteiger partial charge in [0, 0.05) is 6.20 Å². The van der Waals surface area contributed by atoms with Crippen molar-refractivity contribution in [3.8, 4) is 5.82 Å². The molecule has 6 nitrogen and oxygen atoms in total. The van der Waals surface area contributed by atoms with Gasteiger partial charge in [-0.2, -0.15) is 0 Å². The molecule has 7 heteroatoms. The van der Waals surface area contributed by atoms with Crippen LogP contribution in [-0.4, -0.2) is 19.7 Å². The fraction of sp³-hybridized carbons (Fsp3) is 0.111. The number of pyridine rings is 1. The number of aryl methyl sites for hydroxylation is 1. The Labute approximate surface area is 99.2 Å². The van der Waals surface area contributed by atoms with Crippen LogP contribution in [0.15, 0.2) is 29.0 Å². The zero-order valence-electron chi connectivity index (χ0n) is 8.29. The Bertz CT molecular complexity index is 552. The minimum absolute atomic E-state index is 0.200. The first kappa shape index (κ1) is 10.7. The van der Waals surface area contributed by atoms with Crippen LogP contribution in [0.1, 0.15) is 5.56 Å².